The van der Waals surface area contributed by atoms with Gasteiger partial charge in [0.15, 0.2) is 5.79 Å². The molecule has 1 aromatic carbocycles. The maximum Gasteiger partial charge on any atom is 0.190 e. The second-order valence-electron chi connectivity index (χ2n) is 5.47. The number of aliphatic hydroxyl groups excluding tert-OH is 2. The van der Waals surface area contributed by atoms with Crippen LogP contribution in [0.4, 0.5) is 0 Å². The van der Waals surface area contributed by atoms with Gasteiger partial charge in [0, 0.05) is 20.1 Å². The lowest BCUT2D eigenvalue weighted by atomic mass is 9.90. The standard InChI is InChI=1S/C15H21NO5/c1-19-15-7-8-21-16(9-11-5-3-2-4-6-11)14(15)13(18)12(17)10-20-15/h2-6,12-14,17-18H,7-10H2,1H3/t12-,13-,14-,15+/m0/s1. The first-order chi connectivity index (χ1) is 10.2. The Kier molecular flexibility index (Phi) is 4.26. The molecular formula is C15H21NO5. The molecule has 2 aliphatic heterocycles. The smallest absolute Gasteiger partial charge is 0.190 e. The van der Waals surface area contributed by atoms with E-state index in [1.165, 1.54) is 0 Å². The maximum atomic E-state index is 10.4. The Hall–Kier alpha value is -1.02. The molecule has 21 heavy (non-hydrogen) atoms. The zero-order valence-corrected chi connectivity index (χ0v) is 12.0. The van der Waals surface area contributed by atoms with Crippen molar-refractivity contribution in [2.45, 2.75) is 37.0 Å². The van der Waals surface area contributed by atoms with E-state index in [1.54, 1.807) is 12.2 Å². The summed E-state index contributed by atoms with van der Waals surface area (Å²) in [5.41, 5.74) is 1.05. The van der Waals surface area contributed by atoms with Crippen molar-refractivity contribution in [1.82, 2.24) is 5.06 Å². The molecule has 6 nitrogen and oxygen atoms in total. The number of rotatable bonds is 3. The molecule has 4 atom stereocenters. The third kappa shape index (κ3) is 2.70. The Labute approximate surface area is 123 Å². The molecule has 0 radical (unpaired) electrons. The van der Waals surface area contributed by atoms with Crippen molar-refractivity contribution < 1.29 is 24.5 Å². The third-order valence-electron chi connectivity index (χ3n) is 4.21. The fourth-order valence-electron chi connectivity index (χ4n) is 3.07. The summed E-state index contributed by atoms with van der Waals surface area (Å²) in [5, 5.41) is 21.9. The molecule has 0 amide bonds. The van der Waals surface area contributed by atoms with Gasteiger partial charge >= 0.3 is 0 Å². The van der Waals surface area contributed by atoms with Crippen LogP contribution in [0, 0.1) is 0 Å². The van der Waals surface area contributed by atoms with Crippen LogP contribution in [0.5, 0.6) is 0 Å². The summed E-state index contributed by atoms with van der Waals surface area (Å²) in [6, 6.07) is 9.25. The Morgan fingerprint density at radius 1 is 1.33 bits per heavy atom. The van der Waals surface area contributed by atoms with Crippen LogP contribution in [0.1, 0.15) is 12.0 Å². The number of ether oxygens (including phenoxy) is 2. The van der Waals surface area contributed by atoms with Crippen LogP contribution >= 0.6 is 0 Å². The van der Waals surface area contributed by atoms with Crippen molar-refractivity contribution in [2.24, 2.45) is 0 Å². The van der Waals surface area contributed by atoms with Gasteiger partial charge < -0.3 is 19.7 Å². The fraction of sp³-hybridized carbons (Fsp3) is 0.600. The molecule has 1 aromatic rings. The molecule has 0 aromatic heterocycles. The number of nitrogens with zero attached hydrogens (tertiary/aromatic N) is 1. The van der Waals surface area contributed by atoms with Crippen LogP contribution in [0.2, 0.25) is 0 Å². The van der Waals surface area contributed by atoms with Crippen LogP contribution in [0.25, 0.3) is 0 Å². The van der Waals surface area contributed by atoms with E-state index in [2.05, 4.69) is 0 Å². The molecule has 0 saturated carbocycles. The van der Waals surface area contributed by atoms with Gasteiger partial charge in [0.1, 0.15) is 18.2 Å². The molecule has 2 saturated heterocycles. The van der Waals surface area contributed by atoms with Crippen molar-refractivity contribution in [3.63, 3.8) is 0 Å². The highest BCUT2D eigenvalue weighted by Gasteiger charge is 2.55. The lowest BCUT2D eigenvalue weighted by molar-refractivity contribution is -0.393. The van der Waals surface area contributed by atoms with E-state index in [0.29, 0.717) is 19.6 Å². The lowest BCUT2D eigenvalue weighted by Crippen LogP contribution is -2.70. The highest BCUT2D eigenvalue weighted by atomic mass is 16.7. The minimum atomic E-state index is -0.984. The van der Waals surface area contributed by atoms with Crippen molar-refractivity contribution >= 4 is 0 Å². The number of benzene rings is 1. The molecule has 2 N–H and O–H groups in total. The minimum absolute atomic E-state index is 0.0602. The number of hydroxylamine groups is 2. The van der Waals surface area contributed by atoms with Crippen LogP contribution in [0.15, 0.2) is 30.3 Å². The van der Waals surface area contributed by atoms with E-state index in [4.69, 9.17) is 14.3 Å². The van der Waals surface area contributed by atoms with E-state index in [9.17, 15) is 10.2 Å². The van der Waals surface area contributed by atoms with Gasteiger partial charge in [-0.3, -0.25) is 4.84 Å². The predicted octanol–water partition coefficient (Wildman–Crippen LogP) is 0.287. The van der Waals surface area contributed by atoms with Crippen LogP contribution in [0.3, 0.4) is 0 Å². The Morgan fingerprint density at radius 2 is 2.10 bits per heavy atom. The van der Waals surface area contributed by atoms with Gasteiger partial charge in [-0.15, -0.1) is 0 Å². The fourth-order valence-corrected chi connectivity index (χ4v) is 3.07. The summed E-state index contributed by atoms with van der Waals surface area (Å²) >= 11 is 0. The molecule has 0 bridgehead atoms. The summed E-state index contributed by atoms with van der Waals surface area (Å²) in [6.45, 7) is 0.994. The van der Waals surface area contributed by atoms with Gasteiger partial charge in [-0.2, -0.15) is 5.06 Å². The summed E-state index contributed by atoms with van der Waals surface area (Å²) in [4.78, 5) is 5.70. The SMILES string of the molecule is CO[C@@]12CCON(Cc3ccccc3)[C@H]1[C@@H](O)[C@@H](O)CO2. The first-order valence-corrected chi connectivity index (χ1v) is 7.15. The first kappa shape index (κ1) is 14.9. The van der Waals surface area contributed by atoms with Gasteiger partial charge in [-0.05, 0) is 5.56 Å². The molecular weight excluding hydrogens is 274 g/mol. The number of methoxy groups -OCH3 is 1. The van der Waals surface area contributed by atoms with Gasteiger partial charge in [-0.25, -0.2) is 0 Å². The molecule has 116 valence electrons. The average molecular weight is 295 g/mol. The molecule has 0 spiro atoms. The van der Waals surface area contributed by atoms with Crippen molar-refractivity contribution in [3.8, 4) is 0 Å². The van der Waals surface area contributed by atoms with Gasteiger partial charge in [-0.1, -0.05) is 30.3 Å². The molecule has 2 aliphatic rings. The summed E-state index contributed by atoms with van der Waals surface area (Å²) < 4.78 is 11.3. The van der Waals surface area contributed by atoms with Gasteiger partial charge in [0.25, 0.3) is 0 Å². The normalized spacial score (nSPS) is 37.2. The third-order valence-corrected chi connectivity index (χ3v) is 4.21. The Balaban J connectivity index is 1.85. The van der Waals surface area contributed by atoms with E-state index in [1.807, 2.05) is 30.3 Å². The molecule has 6 heteroatoms. The first-order valence-electron chi connectivity index (χ1n) is 7.15. The van der Waals surface area contributed by atoms with Crippen LogP contribution in [-0.4, -0.2) is 59.6 Å². The van der Waals surface area contributed by atoms with Crippen LogP contribution in [-0.2, 0) is 20.9 Å². The second kappa shape index (κ2) is 6.00. The molecule has 0 aliphatic carbocycles. The number of hydrogen-bond acceptors (Lipinski definition) is 6. The molecule has 0 unspecified atom stereocenters. The maximum absolute atomic E-state index is 10.4. The number of fused-ring (bicyclic) bond motifs is 1. The monoisotopic (exact) mass is 295 g/mol. The topological polar surface area (TPSA) is 71.4 Å². The largest absolute Gasteiger partial charge is 0.388 e. The van der Waals surface area contributed by atoms with Gasteiger partial charge in [0.05, 0.1) is 13.2 Å². The summed E-state index contributed by atoms with van der Waals surface area (Å²) in [5.74, 6) is -0.939. The molecule has 2 heterocycles. The van der Waals surface area contributed by atoms with Crippen LogP contribution < -0.4 is 0 Å². The van der Waals surface area contributed by atoms with Gasteiger partial charge in [0.2, 0.25) is 0 Å². The van der Waals surface area contributed by atoms with Crippen molar-refractivity contribution in [1.29, 1.82) is 0 Å². The minimum Gasteiger partial charge on any atom is -0.388 e. The number of hydrogen-bond donors (Lipinski definition) is 2. The summed E-state index contributed by atoms with van der Waals surface area (Å²) in [6.07, 6.45) is -1.41. The van der Waals surface area contributed by atoms with E-state index < -0.39 is 24.0 Å². The zero-order valence-electron chi connectivity index (χ0n) is 12.0. The van der Waals surface area contributed by atoms with Crippen molar-refractivity contribution in [2.75, 3.05) is 20.3 Å². The molecule has 2 fully saturated rings. The lowest BCUT2D eigenvalue weighted by Gasteiger charge is -2.53. The molecule has 3 rings (SSSR count). The zero-order chi connectivity index (χ0) is 14.9. The quantitative estimate of drug-likeness (QED) is 0.835. The van der Waals surface area contributed by atoms with E-state index >= 15 is 0 Å². The average Bonchev–Trinajstić information content (AvgIpc) is 2.52. The second-order valence-corrected chi connectivity index (χ2v) is 5.47. The highest BCUT2D eigenvalue weighted by molar-refractivity contribution is 5.15. The predicted molar refractivity (Wildman–Crippen MR) is 74.0 cm³/mol. The van der Waals surface area contributed by atoms with Crippen molar-refractivity contribution in [3.05, 3.63) is 35.9 Å². The highest BCUT2D eigenvalue weighted by Crippen LogP contribution is 2.37. The summed E-state index contributed by atoms with van der Waals surface area (Å²) in [7, 11) is 1.56. The van der Waals surface area contributed by atoms with E-state index in [0.717, 1.165) is 5.56 Å². The Morgan fingerprint density at radius 3 is 2.81 bits per heavy atom. The van der Waals surface area contributed by atoms with E-state index in [-0.39, 0.29) is 6.61 Å². The Bertz CT molecular complexity index is 470. The number of aliphatic hydroxyl groups is 2.